The summed E-state index contributed by atoms with van der Waals surface area (Å²) in [7, 11) is 0.425. The van der Waals surface area contributed by atoms with E-state index >= 15 is 0 Å². The third-order valence-corrected chi connectivity index (χ3v) is 5.44. The Kier molecular flexibility index (Phi) is 9.24. The monoisotopic (exact) mass is 374 g/mol. The first kappa shape index (κ1) is 21.7. The van der Waals surface area contributed by atoms with Crippen LogP contribution < -0.4 is 10.6 Å². The third-order valence-electron chi connectivity index (χ3n) is 4.46. The van der Waals surface area contributed by atoms with E-state index in [2.05, 4.69) is 15.6 Å². The molecule has 146 valence electrons. The molecule has 0 aromatic rings. The summed E-state index contributed by atoms with van der Waals surface area (Å²) in [5, 5.41) is 6.56. The molecule has 0 bridgehead atoms. The van der Waals surface area contributed by atoms with Gasteiger partial charge in [-0.25, -0.2) is 13.4 Å². The lowest BCUT2D eigenvalue weighted by Gasteiger charge is -2.24. The maximum absolute atomic E-state index is 11.8. The number of hydrogen-bond donors (Lipinski definition) is 2. The van der Waals surface area contributed by atoms with Crippen molar-refractivity contribution in [2.75, 3.05) is 39.2 Å². The quantitative estimate of drug-likeness (QED) is 0.489. The van der Waals surface area contributed by atoms with Crippen LogP contribution in [0.25, 0.3) is 0 Å². The van der Waals surface area contributed by atoms with E-state index in [1.165, 1.54) is 43.3 Å². The molecule has 8 heteroatoms. The van der Waals surface area contributed by atoms with Gasteiger partial charge >= 0.3 is 0 Å². The second-order valence-electron chi connectivity index (χ2n) is 7.30. The van der Waals surface area contributed by atoms with Gasteiger partial charge in [-0.2, -0.15) is 0 Å². The van der Waals surface area contributed by atoms with Crippen LogP contribution >= 0.6 is 0 Å². The summed E-state index contributed by atoms with van der Waals surface area (Å²) in [6.45, 7) is 2.84. The minimum Gasteiger partial charge on any atom is -0.356 e. The number of amides is 1. The zero-order valence-electron chi connectivity index (χ0n) is 16.0. The molecule has 1 aliphatic carbocycles. The Labute approximate surface area is 152 Å². The van der Waals surface area contributed by atoms with Gasteiger partial charge in [-0.1, -0.05) is 19.3 Å². The van der Waals surface area contributed by atoms with Gasteiger partial charge in [0.1, 0.15) is 16.4 Å². The molecule has 0 aliphatic heterocycles. The lowest BCUT2D eigenvalue weighted by atomic mass is 9.89. The van der Waals surface area contributed by atoms with Crippen LogP contribution in [0.3, 0.4) is 0 Å². The highest BCUT2D eigenvalue weighted by Gasteiger charge is 2.15. The molecule has 1 fully saturated rings. The van der Waals surface area contributed by atoms with E-state index in [4.69, 9.17) is 0 Å². The van der Waals surface area contributed by atoms with E-state index in [9.17, 15) is 13.2 Å². The van der Waals surface area contributed by atoms with E-state index in [0.29, 0.717) is 18.3 Å². The summed E-state index contributed by atoms with van der Waals surface area (Å²) in [6.07, 6.45) is 8.05. The highest BCUT2D eigenvalue weighted by atomic mass is 32.2. The number of likely N-dealkylation sites (N-methyl/N-ethyl adjacent to an activating group) is 1. The van der Waals surface area contributed by atoms with Crippen LogP contribution in [0.1, 0.15) is 45.4 Å². The second kappa shape index (κ2) is 10.6. The minimum absolute atomic E-state index is 0.0400. The molecule has 0 aromatic heterocycles. The van der Waals surface area contributed by atoms with Crippen LogP contribution in [0, 0.1) is 5.92 Å². The minimum atomic E-state index is -2.98. The standard InChI is InChI=1S/C17H34N4O3S/c1-14(10-11-25(4,23)24)20-17(19-13-16(22)21(2)3)18-12-15-8-6-5-7-9-15/h14-15H,5-13H2,1-4H3,(H2,18,19,20). The van der Waals surface area contributed by atoms with E-state index < -0.39 is 9.84 Å². The van der Waals surface area contributed by atoms with E-state index in [0.717, 1.165) is 6.54 Å². The van der Waals surface area contributed by atoms with Crippen LogP contribution in [0.2, 0.25) is 0 Å². The summed E-state index contributed by atoms with van der Waals surface area (Å²) >= 11 is 0. The Morgan fingerprint density at radius 3 is 2.44 bits per heavy atom. The normalized spacial score (nSPS) is 17.8. The smallest absolute Gasteiger partial charge is 0.243 e. The second-order valence-corrected chi connectivity index (χ2v) is 9.56. The SMILES string of the molecule is CC(CCS(C)(=O)=O)NC(=NCC(=O)N(C)C)NCC1CCCCC1. The van der Waals surface area contributed by atoms with Crippen molar-refractivity contribution in [3.8, 4) is 0 Å². The van der Waals surface area contributed by atoms with Gasteiger partial charge in [-0.15, -0.1) is 0 Å². The first-order valence-corrected chi connectivity index (χ1v) is 11.2. The average molecular weight is 375 g/mol. The number of nitrogens with zero attached hydrogens (tertiary/aromatic N) is 2. The topological polar surface area (TPSA) is 90.9 Å². The van der Waals surface area contributed by atoms with E-state index in [1.54, 1.807) is 14.1 Å². The van der Waals surface area contributed by atoms with Gasteiger partial charge in [0, 0.05) is 32.9 Å². The van der Waals surface area contributed by atoms with Gasteiger partial charge in [0.25, 0.3) is 0 Å². The molecule has 1 saturated carbocycles. The van der Waals surface area contributed by atoms with E-state index in [-0.39, 0.29) is 24.2 Å². The van der Waals surface area contributed by atoms with Crippen molar-refractivity contribution in [3.63, 3.8) is 0 Å². The third kappa shape index (κ3) is 10.3. The van der Waals surface area contributed by atoms with Crippen LogP contribution in [0.4, 0.5) is 0 Å². The molecule has 2 N–H and O–H groups in total. The number of rotatable bonds is 8. The Morgan fingerprint density at radius 1 is 1.24 bits per heavy atom. The largest absolute Gasteiger partial charge is 0.356 e. The molecule has 0 spiro atoms. The van der Waals surface area contributed by atoms with Crippen molar-refractivity contribution in [2.24, 2.45) is 10.9 Å². The molecule has 7 nitrogen and oxygen atoms in total. The Hall–Kier alpha value is -1.31. The molecular formula is C17H34N4O3S. The first-order valence-electron chi connectivity index (χ1n) is 9.10. The summed E-state index contributed by atoms with van der Waals surface area (Å²) in [5.41, 5.74) is 0. The molecule has 25 heavy (non-hydrogen) atoms. The molecule has 1 atom stereocenters. The summed E-state index contributed by atoms with van der Waals surface area (Å²) < 4.78 is 22.6. The number of guanidine groups is 1. The van der Waals surface area contributed by atoms with Gasteiger partial charge in [-0.05, 0) is 32.1 Å². The maximum atomic E-state index is 11.8. The van der Waals surface area contributed by atoms with Gasteiger partial charge in [-0.3, -0.25) is 4.79 Å². The molecule has 1 aliphatic rings. The fraction of sp³-hybridized carbons (Fsp3) is 0.882. The predicted octanol–water partition coefficient (Wildman–Crippen LogP) is 1.01. The zero-order valence-corrected chi connectivity index (χ0v) is 16.9. The number of aliphatic imine (C=N–C) groups is 1. The Morgan fingerprint density at radius 2 is 1.88 bits per heavy atom. The number of nitrogens with one attached hydrogen (secondary N) is 2. The van der Waals surface area contributed by atoms with Crippen molar-refractivity contribution in [1.82, 2.24) is 15.5 Å². The number of sulfone groups is 1. The highest BCUT2D eigenvalue weighted by Crippen LogP contribution is 2.22. The summed E-state index contributed by atoms with van der Waals surface area (Å²) in [5.74, 6) is 1.29. The molecule has 1 amide bonds. The van der Waals surface area contributed by atoms with Crippen LogP contribution in [0.5, 0.6) is 0 Å². The predicted molar refractivity (Wildman–Crippen MR) is 102 cm³/mol. The van der Waals surface area contributed by atoms with Gasteiger partial charge < -0.3 is 15.5 Å². The van der Waals surface area contributed by atoms with Crippen molar-refractivity contribution in [3.05, 3.63) is 0 Å². The zero-order chi connectivity index (χ0) is 18.9. The lowest BCUT2D eigenvalue weighted by molar-refractivity contribution is -0.127. The van der Waals surface area contributed by atoms with Crippen molar-refractivity contribution < 1.29 is 13.2 Å². The van der Waals surface area contributed by atoms with Crippen molar-refractivity contribution in [1.29, 1.82) is 0 Å². The fourth-order valence-corrected chi connectivity index (χ4v) is 3.55. The lowest BCUT2D eigenvalue weighted by Crippen LogP contribution is -2.45. The molecule has 0 heterocycles. The van der Waals surface area contributed by atoms with Gasteiger partial charge in [0.15, 0.2) is 5.96 Å². The Balaban J connectivity index is 2.59. The number of carbonyl (C=O) groups is 1. The van der Waals surface area contributed by atoms with Crippen LogP contribution in [-0.4, -0.2) is 70.4 Å². The average Bonchev–Trinajstić information content (AvgIpc) is 2.55. The van der Waals surface area contributed by atoms with Gasteiger partial charge in [0.2, 0.25) is 5.91 Å². The summed E-state index contributed by atoms with van der Waals surface area (Å²) in [4.78, 5) is 17.7. The fourth-order valence-electron chi connectivity index (χ4n) is 2.77. The molecule has 1 unspecified atom stereocenters. The van der Waals surface area contributed by atoms with E-state index in [1.807, 2.05) is 6.92 Å². The molecule has 0 aromatic carbocycles. The van der Waals surface area contributed by atoms with Crippen LogP contribution in [-0.2, 0) is 14.6 Å². The number of hydrogen-bond acceptors (Lipinski definition) is 4. The molecule has 0 saturated heterocycles. The van der Waals surface area contributed by atoms with Crippen LogP contribution in [0.15, 0.2) is 4.99 Å². The molecular weight excluding hydrogens is 340 g/mol. The molecule has 1 rings (SSSR count). The number of carbonyl (C=O) groups excluding carboxylic acids is 1. The Bertz CT molecular complexity index is 540. The summed E-state index contributed by atoms with van der Waals surface area (Å²) in [6, 6.07) is -0.0400. The van der Waals surface area contributed by atoms with Crippen molar-refractivity contribution in [2.45, 2.75) is 51.5 Å². The van der Waals surface area contributed by atoms with Crippen molar-refractivity contribution >= 4 is 21.7 Å². The van der Waals surface area contributed by atoms with Gasteiger partial charge in [0.05, 0.1) is 5.75 Å². The molecule has 0 radical (unpaired) electrons. The first-order chi connectivity index (χ1) is 11.7. The maximum Gasteiger partial charge on any atom is 0.243 e. The highest BCUT2D eigenvalue weighted by molar-refractivity contribution is 7.90.